The van der Waals surface area contributed by atoms with Crippen molar-refractivity contribution >= 4 is 17.8 Å². The molecule has 0 radical (unpaired) electrons. The summed E-state index contributed by atoms with van der Waals surface area (Å²) in [6.07, 6.45) is 3.45. The predicted octanol–water partition coefficient (Wildman–Crippen LogP) is 4.49. The Morgan fingerprint density at radius 1 is 0.960 bits per heavy atom. The summed E-state index contributed by atoms with van der Waals surface area (Å²) in [5.74, 6) is 0.620. The molecular formula is C22H24N2O. The maximum Gasteiger partial charge on any atom is 0.275 e. The highest BCUT2D eigenvalue weighted by Crippen LogP contribution is 2.23. The highest BCUT2D eigenvalue weighted by molar-refractivity contribution is 6.14. The fourth-order valence-corrected chi connectivity index (χ4v) is 2.78. The Balaban J connectivity index is 1.70. The lowest BCUT2D eigenvalue weighted by molar-refractivity contribution is -0.115. The van der Waals surface area contributed by atoms with Crippen molar-refractivity contribution < 1.29 is 4.79 Å². The molecule has 1 aliphatic heterocycles. The van der Waals surface area contributed by atoms with E-state index >= 15 is 0 Å². The molecule has 1 aliphatic rings. The zero-order valence-corrected chi connectivity index (χ0v) is 15.0. The van der Waals surface area contributed by atoms with Crippen molar-refractivity contribution in [3.05, 3.63) is 77.0 Å². The molecule has 128 valence electrons. The zero-order chi connectivity index (χ0) is 17.9. The standard InChI is InChI=1S/C22H24N2O/c1-22(2,3)18-12-9-17(10-13-18)15-19-21(25)24-20(23-19)14-11-16-7-5-4-6-8-16/h4-10,12-13,15H,11,14H2,1-3H3,(H,23,24,25)/b19-15+. The van der Waals surface area contributed by atoms with Crippen LogP contribution in [0.2, 0.25) is 0 Å². The molecule has 0 bridgehead atoms. The molecule has 0 aliphatic carbocycles. The number of amidine groups is 1. The van der Waals surface area contributed by atoms with Crippen molar-refractivity contribution in [3.8, 4) is 0 Å². The maximum absolute atomic E-state index is 12.1. The Labute approximate surface area is 149 Å². The van der Waals surface area contributed by atoms with E-state index in [4.69, 9.17) is 0 Å². The van der Waals surface area contributed by atoms with Gasteiger partial charge in [-0.1, -0.05) is 75.4 Å². The lowest BCUT2D eigenvalue weighted by atomic mass is 9.87. The number of aryl methyl sites for hydroxylation is 1. The second-order valence-corrected chi connectivity index (χ2v) is 7.40. The Bertz CT molecular complexity index is 809. The molecule has 3 nitrogen and oxygen atoms in total. The molecule has 1 heterocycles. The molecule has 0 spiro atoms. The summed E-state index contributed by atoms with van der Waals surface area (Å²) in [5, 5.41) is 2.87. The molecule has 0 fully saturated rings. The third-order valence-corrected chi connectivity index (χ3v) is 4.32. The van der Waals surface area contributed by atoms with Crippen molar-refractivity contribution in [2.45, 2.75) is 39.0 Å². The van der Waals surface area contributed by atoms with Crippen molar-refractivity contribution in [1.29, 1.82) is 0 Å². The van der Waals surface area contributed by atoms with Gasteiger partial charge in [0.05, 0.1) is 0 Å². The predicted molar refractivity (Wildman–Crippen MR) is 103 cm³/mol. The molecule has 2 aromatic carbocycles. The van der Waals surface area contributed by atoms with Gasteiger partial charge in [-0.15, -0.1) is 0 Å². The summed E-state index contributed by atoms with van der Waals surface area (Å²) >= 11 is 0. The van der Waals surface area contributed by atoms with Crippen LogP contribution in [-0.4, -0.2) is 11.7 Å². The molecule has 2 aromatic rings. The topological polar surface area (TPSA) is 41.5 Å². The summed E-state index contributed by atoms with van der Waals surface area (Å²) < 4.78 is 0. The summed E-state index contributed by atoms with van der Waals surface area (Å²) in [6.45, 7) is 6.57. The number of nitrogens with one attached hydrogen (secondary N) is 1. The molecule has 0 atom stereocenters. The Hall–Kier alpha value is -2.68. The van der Waals surface area contributed by atoms with E-state index in [2.05, 4.69) is 55.3 Å². The van der Waals surface area contributed by atoms with Gasteiger partial charge in [-0.05, 0) is 34.6 Å². The van der Waals surface area contributed by atoms with Gasteiger partial charge in [-0.2, -0.15) is 0 Å². The van der Waals surface area contributed by atoms with E-state index in [0.717, 1.165) is 24.2 Å². The number of aliphatic imine (C=N–C) groups is 1. The van der Waals surface area contributed by atoms with Gasteiger partial charge in [-0.3, -0.25) is 4.79 Å². The van der Waals surface area contributed by atoms with E-state index < -0.39 is 0 Å². The Kier molecular flexibility index (Phi) is 4.84. The molecule has 1 amide bonds. The van der Waals surface area contributed by atoms with Crippen LogP contribution in [0.3, 0.4) is 0 Å². The molecule has 3 heteroatoms. The minimum atomic E-state index is -0.122. The third kappa shape index (κ3) is 4.44. The normalized spacial score (nSPS) is 16.0. The van der Waals surface area contributed by atoms with Gasteiger partial charge in [0.2, 0.25) is 0 Å². The van der Waals surface area contributed by atoms with Crippen LogP contribution < -0.4 is 5.32 Å². The summed E-state index contributed by atoms with van der Waals surface area (Å²) in [7, 11) is 0. The van der Waals surface area contributed by atoms with Crippen molar-refractivity contribution in [2.75, 3.05) is 0 Å². The maximum atomic E-state index is 12.1. The van der Waals surface area contributed by atoms with E-state index in [1.54, 1.807) is 0 Å². The van der Waals surface area contributed by atoms with Crippen molar-refractivity contribution in [3.63, 3.8) is 0 Å². The first-order valence-corrected chi connectivity index (χ1v) is 8.67. The van der Waals surface area contributed by atoms with E-state index in [-0.39, 0.29) is 11.3 Å². The van der Waals surface area contributed by atoms with Crippen LogP contribution in [0.25, 0.3) is 6.08 Å². The highest BCUT2D eigenvalue weighted by atomic mass is 16.2. The van der Waals surface area contributed by atoms with E-state index in [1.807, 2.05) is 36.4 Å². The smallest absolute Gasteiger partial charge is 0.275 e. The quantitative estimate of drug-likeness (QED) is 0.824. The van der Waals surface area contributed by atoms with Crippen LogP contribution in [-0.2, 0) is 16.6 Å². The van der Waals surface area contributed by atoms with Gasteiger partial charge >= 0.3 is 0 Å². The molecule has 3 rings (SSSR count). The first-order chi connectivity index (χ1) is 11.9. The van der Waals surface area contributed by atoms with Gasteiger partial charge in [-0.25, -0.2) is 4.99 Å². The minimum absolute atomic E-state index is 0.122. The fraction of sp³-hybridized carbons (Fsp3) is 0.273. The van der Waals surface area contributed by atoms with Crippen molar-refractivity contribution in [1.82, 2.24) is 5.32 Å². The van der Waals surface area contributed by atoms with Crippen LogP contribution >= 0.6 is 0 Å². The van der Waals surface area contributed by atoms with Crippen LogP contribution in [0, 0.1) is 0 Å². The molecular weight excluding hydrogens is 308 g/mol. The molecule has 0 unspecified atom stereocenters. The summed E-state index contributed by atoms with van der Waals surface area (Å²) in [5.41, 5.74) is 4.11. The lowest BCUT2D eigenvalue weighted by Gasteiger charge is -2.18. The second kappa shape index (κ2) is 7.06. The number of carbonyl (C=O) groups excluding carboxylic acids is 1. The van der Waals surface area contributed by atoms with Crippen LogP contribution in [0.4, 0.5) is 0 Å². The van der Waals surface area contributed by atoms with E-state index in [0.29, 0.717) is 5.70 Å². The molecule has 1 N–H and O–H groups in total. The van der Waals surface area contributed by atoms with Crippen LogP contribution in [0.15, 0.2) is 65.3 Å². The molecule has 25 heavy (non-hydrogen) atoms. The third-order valence-electron chi connectivity index (χ3n) is 4.32. The Morgan fingerprint density at radius 2 is 1.64 bits per heavy atom. The minimum Gasteiger partial charge on any atom is -0.309 e. The van der Waals surface area contributed by atoms with Crippen molar-refractivity contribution in [2.24, 2.45) is 4.99 Å². The number of hydrogen-bond acceptors (Lipinski definition) is 2. The van der Waals surface area contributed by atoms with Gasteiger partial charge in [0, 0.05) is 6.42 Å². The van der Waals surface area contributed by atoms with E-state index in [9.17, 15) is 4.79 Å². The first kappa shape index (κ1) is 17.2. The molecule has 0 aromatic heterocycles. The number of amides is 1. The number of rotatable bonds is 4. The average Bonchev–Trinajstić information content (AvgIpc) is 2.93. The highest BCUT2D eigenvalue weighted by Gasteiger charge is 2.19. The summed E-state index contributed by atoms with van der Waals surface area (Å²) in [4.78, 5) is 16.6. The Morgan fingerprint density at radius 3 is 2.28 bits per heavy atom. The SMILES string of the molecule is CC(C)(C)c1ccc(/C=C2/N=C(CCc3ccccc3)NC2=O)cc1. The van der Waals surface area contributed by atoms with Gasteiger partial charge in [0.1, 0.15) is 11.5 Å². The number of nitrogens with zero attached hydrogens (tertiary/aromatic N) is 1. The van der Waals surface area contributed by atoms with Crippen LogP contribution in [0.5, 0.6) is 0 Å². The second-order valence-electron chi connectivity index (χ2n) is 7.40. The van der Waals surface area contributed by atoms with Crippen LogP contribution in [0.1, 0.15) is 43.9 Å². The first-order valence-electron chi connectivity index (χ1n) is 8.67. The lowest BCUT2D eigenvalue weighted by Crippen LogP contribution is -2.24. The zero-order valence-electron chi connectivity index (χ0n) is 15.0. The van der Waals surface area contributed by atoms with Gasteiger partial charge in [0.25, 0.3) is 5.91 Å². The molecule has 0 saturated carbocycles. The average molecular weight is 332 g/mol. The van der Waals surface area contributed by atoms with E-state index in [1.165, 1.54) is 11.1 Å². The monoisotopic (exact) mass is 332 g/mol. The number of hydrogen-bond donors (Lipinski definition) is 1. The molecule has 0 saturated heterocycles. The van der Waals surface area contributed by atoms with Gasteiger partial charge in [0.15, 0.2) is 0 Å². The fourth-order valence-electron chi connectivity index (χ4n) is 2.78. The van der Waals surface area contributed by atoms with Gasteiger partial charge < -0.3 is 5.32 Å². The number of carbonyl (C=O) groups is 1. The largest absolute Gasteiger partial charge is 0.309 e. The summed E-state index contributed by atoms with van der Waals surface area (Å²) in [6, 6.07) is 18.5. The number of benzene rings is 2.